The Morgan fingerprint density at radius 1 is 1.00 bits per heavy atom. The van der Waals surface area contributed by atoms with Gasteiger partial charge in [-0.25, -0.2) is 0 Å². The molecule has 98 valence electrons. The normalized spacial score (nSPS) is 15.4. The lowest BCUT2D eigenvalue weighted by atomic mass is 10.4. The van der Waals surface area contributed by atoms with E-state index in [1.165, 1.54) is 0 Å². The zero-order valence-electron chi connectivity index (χ0n) is 7.52. The smallest absolute Gasteiger partial charge is 0.251 e. The van der Waals surface area contributed by atoms with Crippen molar-refractivity contribution in [3.05, 3.63) is 0 Å². The first-order valence-corrected chi connectivity index (χ1v) is 8.71. The van der Waals surface area contributed by atoms with Crippen LogP contribution in [0.5, 0.6) is 0 Å². The second-order valence-corrected chi connectivity index (χ2v) is 11.1. The first kappa shape index (κ1) is 16.6. The van der Waals surface area contributed by atoms with Crippen LogP contribution in [0.2, 0.25) is 0 Å². The lowest BCUT2D eigenvalue weighted by molar-refractivity contribution is -0.415. The van der Waals surface area contributed by atoms with Gasteiger partial charge in [0.1, 0.15) is 0 Å². The predicted molar refractivity (Wildman–Crippen MR) is 49.5 cm³/mol. The minimum atomic E-state index is -5.55. The van der Waals surface area contributed by atoms with Gasteiger partial charge in [-0.2, -0.15) is 26.3 Å². The van der Waals surface area contributed by atoms with Crippen molar-refractivity contribution in [2.75, 3.05) is 0 Å². The molecule has 0 atom stereocenters. The van der Waals surface area contributed by atoms with Gasteiger partial charge < -0.3 is 0 Å². The molecule has 0 heterocycles. The summed E-state index contributed by atoms with van der Waals surface area (Å²) in [4.78, 5) is 0. The van der Waals surface area contributed by atoms with Gasteiger partial charge in [-0.3, -0.25) is 4.74 Å². The van der Waals surface area contributed by atoms with E-state index in [9.17, 15) is 26.3 Å². The Morgan fingerprint density at radius 2 is 1.38 bits per heavy atom. The fraction of sp³-hybridized carbons (Fsp3) is 1.00. The molecule has 0 aromatic rings. The van der Waals surface area contributed by atoms with Gasteiger partial charge >= 0.3 is 23.8 Å². The molecule has 1 nitrogen and oxygen atoms in total. The van der Waals surface area contributed by atoms with Crippen LogP contribution in [0.4, 0.5) is 26.3 Å². The molecule has 0 saturated carbocycles. The van der Waals surface area contributed by atoms with Gasteiger partial charge in [0.2, 0.25) is 0 Å². The third kappa shape index (κ3) is 3.56. The van der Waals surface area contributed by atoms with Crippen LogP contribution in [-0.2, 0) is 4.74 Å². The molecular formula is C5H5Cl3F6OSi. The second-order valence-electron chi connectivity index (χ2n) is 2.68. The van der Waals surface area contributed by atoms with E-state index in [0.29, 0.717) is 0 Å². The highest BCUT2D eigenvalue weighted by atomic mass is 35.8. The summed E-state index contributed by atoms with van der Waals surface area (Å²) in [6, 6.07) is -5.26. The molecule has 0 aliphatic carbocycles. The molecule has 0 aliphatic rings. The van der Waals surface area contributed by atoms with Gasteiger partial charge in [0.15, 0.2) is 0 Å². The Bertz CT molecular complexity index is 255. The summed E-state index contributed by atoms with van der Waals surface area (Å²) >= 11 is 14.1. The van der Waals surface area contributed by atoms with Crippen LogP contribution >= 0.6 is 33.2 Å². The summed E-state index contributed by atoms with van der Waals surface area (Å²) in [5, 5.41) is 0. The van der Waals surface area contributed by atoms with E-state index in [-0.39, 0.29) is 0 Å². The Morgan fingerprint density at radius 3 is 1.62 bits per heavy atom. The molecule has 0 saturated heterocycles. The first-order chi connectivity index (χ1) is 6.77. The maximum absolute atomic E-state index is 12.8. The third-order valence-electron chi connectivity index (χ3n) is 1.41. The third-order valence-corrected chi connectivity index (χ3v) is 4.55. The van der Waals surface area contributed by atoms with Crippen LogP contribution in [0.3, 0.4) is 0 Å². The lowest BCUT2D eigenvalue weighted by Gasteiger charge is -2.31. The molecule has 0 radical (unpaired) electrons. The van der Waals surface area contributed by atoms with E-state index in [2.05, 4.69) is 4.74 Å². The summed E-state index contributed by atoms with van der Waals surface area (Å²) in [6.07, 6.45) is -11.2. The molecular weight excluding hydrogens is 324 g/mol. The first-order valence-electron chi connectivity index (χ1n) is 3.67. The summed E-state index contributed by atoms with van der Waals surface area (Å²) in [6.45, 7) is 0.765. The van der Waals surface area contributed by atoms with Gasteiger partial charge in [0.25, 0.3) is 0 Å². The fourth-order valence-corrected chi connectivity index (χ4v) is 1.86. The zero-order valence-corrected chi connectivity index (χ0v) is 10.8. The monoisotopic (exact) mass is 328 g/mol. The van der Waals surface area contributed by atoms with E-state index in [1.54, 1.807) is 0 Å². The number of rotatable bonds is 5. The van der Waals surface area contributed by atoms with Crippen molar-refractivity contribution in [1.82, 2.24) is 0 Å². The molecule has 0 fully saturated rings. The molecule has 0 unspecified atom stereocenters. The molecule has 0 N–H and O–H groups in total. The Hall–Kier alpha value is 0.627. The molecule has 11 heteroatoms. The van der Waals surface area contributed by atoms with E-state index in [1.807, 2.05) is 0 Å². The van der Waals surface area contributed by atoms with Gasteiger partial charge in [-0.15, -0.1) is 33.2 Å². The van der Waals surface area contributed by atoms with Gasteiger partial charge in [-0.1, -0.05) is 6.92 Å². The van der Waals surface area contributed by atoms with Crippen molar-refractivity contribution < 1.29 is 31.1 Å². The van der Waals surface area contributed by atoms with Gasteiger partial charge in [0, 0.05) is 6.42 Å². The predicted octanol–water partition coefficient (Wildman–Crippen LogP) is 4.43. The summed E-state index contributed by atoms with van der Waals surface area (Å²) in [5.41, 5.74) is -5.26. The summed E-state index contributed by atoms with van der Waals surface area (Å²) < 4.78 is 78.6. The molecule has 0 amide bonds. The van der Waals surface area contributed by atoms with E-state index < -0.39 is 30.2 Å². The molecule has 0 aromatic heterocycles. The second kappa shape index (κ2) is 4.72. The molecule has 0 aromatic carbocycles. The number of ether oxygens (including phenoxy) is 1. The van der Waals surface area contributed by atoms with Gasteiger partial charge in [-0.05, 0) is 0 Å². The number of hydrogen-bond donors (Lipinski definition) is 0. The van der Waals surface area contributed by atoms with Crippen LogP contribution in [-0.4, -0.2) is 23.8 Å². The van der Waals surface area contributed by atoms with Crippen LogP contribution < -0.4 is 0 Å². The van der Waals surface area contributed by atoms with Crippen molar-refractivity contribution in [3.63, 3.8) is 0 Å². The van der Waals surface area contributed by atoms with E-state index >= 15 is 0 Å². The fourth-order valence-electron chi connectivity index (χ4n) is 0.489. The summed E-state index contributed by atoms with van der Waals surface area (Å²) in [7, 11) is 0. The Balaban J connectivity index is 5.07. The Labute approximate surface area is 102 Å². The van der Waals surface area contributed by atoms with E-state index in [4.69, 9.17) is 33.2 Å². The van der Waals surface area contributed by atoms with Crippen LogP contribution in [0.15, 0.2) is 0 Å². The van der Waals surface area contributed by atoms with Crippen molar-refractivity contribution in [2.24, 2.45) is 0 Å². The SMILES string of the molecule is CCC(F)(F)OC(F)(F)C(F)(F)[Si](Cl)(Cl)Cl. The molecule has 0 rings (SSSR count). The average molecular weight is 330 g/mol. The minimum Gasteiger partial charge on any atom is -0.251 e. The highest BCUT2D eigenvalue weighted by Gasteiger charge is 2.73. The lowest BCUT2D eigenvalue weighted by Crippen LogP contribution is -2.57. The van der Waals surface area contributed by atoms with Gasteiger partial charge in [0.05, 0.1) is 0 Å². The van der Waals surface area contributed by atoms with Crippen LogP contribution in [0.1, 0.15) is 13.3 Å². The molecule has 16 heavy (non-hydrogen) atoms. The topological polar surface area (TPSA) is 9.23 Å². The number of halogens is 9. The van der Waals surface area contributed by atoms with Crippen molar-refractivity contribution in [3.8, 4) is 0 Å². The van der Waals surface area contributed by atoms with Crippen LogP contribution in [0.25, 0.3) is 0 Å². The quantitative estimate of drug-likeness (QED) is 0.412. The number of hydrogen-bond acceptors (Lipinski definition) is 1. The van der Waals surface area contributed by atoms with Crippen molar-refractivity contribution in [1.29, 1.82) is 0 Å². The maximum atomic E-state index is 12.8. The van der Waals surface area contributed by atoms with Crippen molar-refractivity contribution in [2.45, 2.75) is 31.1 Å². The standard InChI is InChI=1S/C5H5Cl3F6OSi/c1-2-3(9,10)15-4(11,12)5(13,14)16(6,7)8/h2H2,1H3. The molecule has 0 bridgehead atoms. The minimum absolute atomic E-state index is 0.765. The maximum Gasteiger partial charge on any atom is 0.428 e. The van der Waals surface area contributed by atoms with E-state index in [0.717, 1.165) is 6.92 Å². The molecule has 0 spiro atoms. The number of alkyl halides is 6. The molecule has 0 aliphatic heterocycles. The highest BCUT2D eigenvalue weighted by Crippen LogP contribution is 2.49. The zero-order chi connectivity index (χ0) is 13.4. The largest absolute Gasteiger partial charge is 0.428 e. The summed E-state index contributed by atoms with van der Waals surface area (Å²) in [5.74, 6) is 0. The Kier molecular flexibility index (Phi) is 4.90. The van der Waals surface area contributed by atoms with Crippen molar-refractivity contribution >= 4 is 39.2 Å². The van der Waals surface area contributed by atoms with Crippen LogP contribution in [0, 0.1) is 0 Å². The average Bonchev–Trinajstić information content (AvgIpc) is 2.00. The highest BCUT2D eigenvalue weighted by molar-refractivity contribution is 7.65.